The first kappa shape index (κ1) is 21.8. The molecule has 0 radical (unpaired) electrons. The van der Waals surface area contributed by atoms with Crippen molar-refractivity contribution in [1.29, 1.82) is 0 Å². The Hall–Kier alpha value is -2.94. The van der Waals surface area contributed by atoms with Crippen molar-refractivity contribution in [3.63, 3.8) is 0 Å². The van der Waals surface area contributed by atoms with Crippen molar-refractivity contribution in [3.8, 4) is 17.2 Å². The van der Waals surface area contributed by atoms with Crippen molar-refractivity contribution in [1.82, 2.24) is 5.32 Å². The number of sulfonamides is 1. The zero-order chi connectivity index (χ0) is 21.7. The van der Waals surface area contributed by atoms with Crippen molar-refractivity contribution in [2.45, 2.75) is 19.9 Å². The number of hydrogen-bond donors (Lipinski definition) is 1. The van der Waals surface area contributed by atoms with E-state index in [4.69, 9.17) is 14.2 Å². The van der Waals surface area contributed by atoms with Crippen molar-refractivity contribution < 1.29 is 27.4 Å². The molecule has 0 saturated carbocycles. The minimum absolute atomic E-state index is 0.296. The smallest absolute Gasteiger partial charge is 0.241 e. The standard InChI is InChI=1S/C21H26N2O6S/c1-4-27-18-8-5-16(6-9-18)15(2)22-21(24)14-23(30(3,25)26)17-7-10-19-20(13-17)29-12-11-28-19/h5-10,13,15H,4,11-12,14H2,1-3H3,(H,22,24)/t15-/m0/s1. The van der Waals surface area contributed by atoms with Gasteiger partial charge in [-0.1, -0.05) is 12.1 Å². The number of hydrogen-bond acceptors (Lipinski definition) is 6. The Labute approximate surface area is 176 Å². The number of benzene rings is 2. The lowest BCUT2D eigenvalue weighted by atomic mass is 10.1. The second-order valence-corrected chi connectivity index (χ2v) is 8.80. The predicted octanol–water partition coefficient (Wildman–Crippen LogP) is 2.50. The van der Waals surface area contributed by atoms with Crippen LogP contribution in [0, 0.1) is 0 Å². The molecule has 1 amide bonds. The van der Waals surface area contributed by atoms with Crippen LogP contribution < -0.4 is 23.8 Å². The van der Waals surface area contributed by atoms with Gasteiger partial charge in [-0.3, -0.25) is 9.10 Å². The average molecular weight is 435 g/mol. The third-order valence-corrected chi connectivity index (χ3v) is 5.71. The minimum Gasteiger partial charge on any atom is -0.494 e. The number of ether oxygens (including phenoxy) is 3. The molecule has 1 aliphatic rings. The van der Waals surface area contributed by atoms with Crippen LogP contribution in [0.15, 0.2) is 42.5 Å². The third kappa shape index (κ3) is 5.35. The predicted molar refractivity (Wildman–Crippen MR) is 114 cm³/mol. The Balaban J connectivity index is 1.71. The molecule has 1 heterocycles. The van der Waals surface area contributed by atoms with Gasteiger partial charge in [0.1, 0.15) is 25.5 Å². The van der Waals surface area contributed by atoms with Gasteiger partial charge < -0.3 is 19.5 Å². The molecule has 0 aromatic heterocycles. The molecule has 9 heteroatoms. The summed E-state index contributed by atoms with van der Waals surface area (Å²) in [5.74, 6) is 1.33. The molecule has 0 spiro atoms. The summed E-state index contributed by atoms with van der Waals surface area (Å²) >= 11 is 0. The molecule has 1 aliphatic heterocycles. The second-order valence-electron chi connectivity index (χ2n) is 6.89. The normalized spacial score (nSPS) is 14.0. The number of amides is 1. The van der Waals surface area contributed by atoms with Gasteiger partial charge in [0, 0.05) is 6.07 Å². The summed E-state index contributed by atoms with van der Waals surface area (Å²) in [6.45, 7) is 4.80. The van der Waals surface area contributed by atoms with E-state index in [9.17, 15) is 13.2 Å². The van der Waals surface area contributed by atoms with E-state index in [1.807, 2.05) is 38.1 Å². The van der Waals surface area contributed by atoms with Crippen LogP contribution >= 0.6 is 0 Å². The summed E-state index contributed by atoms with van der Waals surface area (Å²) in [5, 5.41) is 2.84. The Morgan fingerprint density at radius 3 is 2.43 bits per heavy atom. The van der Waals surface area contributed by atoms with Crippen LogP contribution in [0.3, 0.4) is 0 Å². The molecular formula is C21H26N2O6S. The second kappa shape index (κ2) is 9.25. The lowest BCUT2D eigenvalue weighted by Crippen LogP contribution is -2.41. The van der Waals surface area contributed by atoms with Gasteiger partial charge in [-0.25, -0.2) is 8.42 Å². The molecule has 3 rings (SSSR count). The van der Waals surface area contributed by atoms with Gasteiger partial charge in [0.05, 0.1) is 24.6 Å². The summed E-state index contributed by atoms with van der Waals surface area (Å²) in [6, 6.07) is 11.9. The van der Waals surface area contributed by atoms with E-state index in [2.05, 4.69) is 5.32 Å². The fourth-order valence-electron chi connectivity index (χ4n) is 3.11. The van der Waals surface area contributed by atoms with Gasteiger partial charge in [-0.05, 0) is 43.7 Å². The maximum atomic E-state index is 12.6. The van der Waals surface area contributed by atoms with Crippen LogP contribution in [0.1, 0.15) is 25.5 Å². The molecule has 0 bridgehead atoms. The molecule has 30 heavy (non-hydrogen) atoms. The van der Waals surface area contributed by atoms with Gasteiger partial charge >= 0.3 is 0 Å². The number of anilines is 1. The summed E-state index contributed by atoms with van der Waals surface area (Å²) in [7, 11) is -3.69. The van der Waals surface area contributed by atoms with Gasteiger partial charge in [0.25, 0.3) is 0 Å². The average Bonchev–Trinajstić information content (AvgIpc) is 2.71. The molecule has 162 valence electrons. The summed E-state index contributed by atoms with van der Waals surface area (Å²) in [5.41, 5.74) is 1.22. The molecular weight excluding hydrogens is 408 g/mol. The van der Waals surface area contributed by atoms with Crippen molar-refractivity contribution in [2.24, 2.45) is 0 Å². The molecule has 0 fully saturated rings. The van der Waals surface area contributed by atoms with Crippen LogP contribution in [-0.2, 0) is 14.8 Å². The highest BCUT2D eigenvalue weighted by Crippen LogP contribution is 2.34. The molecule has 0 saturated heterocycles. The Morgan fingerprint density at radius 1 is 1.13 bits per heavy atom. The zero-order valence-electron chi connectivity index (χ0n) is 17.3. The lowest BCUT2D eigenvalue weighted by Gasteiger charge is -2.25. The van der Waals surface area contributed by atoms with E-state index >= 15 is 0 Å². The number of fused-ring (bicyclic) bond motifs is 1. The lowest BCUT2D eigenvalue weighted by molar-refractivity contribution is -0.120. The molecule has 1 atom stereocenters. The Bertz CT molecular complexity index is 991. The van der Waals surface area contributed by atoms with Gasteiger partial charge in [0.15, 0.2) is 11.5 Å². The third-order valence-electron chi connectivity index (χ3n) is 4.57. The van der Waals surface area contributed by atoms with Gasteiger partial charge in [-0.15, -0.1) is 0 Å². The fourth-order valence-corrected chi connectivity index (χ4v) is 3.96. The van der Waals surface area contributed by atoms with Gasteiger partial charge in [-0.2, -0.15) is 0 Å². The van der Waals surface area contributed by atoms with E-state index < -0.39 is 15.9 Å². The quantitative estimate of drug-likeness (QED) is 0.686. The minimum atomic E-state index is -3.69. The highest BCUT2D eigenvalue weighted by atomic mass is 32.2. The number of rotatable bonds is 8. The molecule has 1 N–H and O–H groups in total. The molecule has 2 aromatic rings. The van der Waals surface area contributed by atoms with E-state index in [1.54, 1.807) is 18.2 Å². The Morgan fingerprint density at radius 2 is 1.80 bits per heavy atom. The zero-order valence-corrected chi connectivity index (χ0v) is 18.1. The highest BCUT2D eigenvalue weighted by molar-refractivity contribution is 7.92. The van der Waals surface area contributed by atoms with Crippen LogP contribution in [0.4, 0.5) is 5.69 Å². The number of nitrogens with one attached hydrogen (secondary N) is 1. The van der Waals surface area contributed by atoms with E-state index in [1.165, 1.54) is 0 Å². The van der Waals surface area contributed by atoms with E-state index in [-0.39, 0.29) is 12.6 Å². The van der Waals surface area contributed by atoms with Crippen LogP contribution in [0.25, 0.3) is 0 Å². The van der Waals surface area contributed by atoms with Gasteiger partial charge in [0.2, 0.25) is 15.9 Å². The maximum Gasteiger partial charge on any atom is 0.241 e. The summed E-state index contributed by atoms with van der Waals surface area (Å²) in [4.78, 5) is 12.6. The van der Waals surface area contributed by atoms with Crippen LogP contribution in [-0.4, -0.2) is 46.9 Å². The summed E-state index contributed by atoms with van der Waals surface area (Å²) in [6.07, 6.45) is 1.06. The van der Waals surface area contributed by atoms with Crippen molar-refractivity contribution in [3.05, 3.63) is 48.0 Å². The molecule has 0 unspecified atom stereocenters. The Kier molecular flexibility index (Phi) is 6.71. The molecule has 0 aliphatic carbocycles. The van der Waals surface area contributed by atoms with E-state index in [0.717, 1.165) is 21.9 Å². The molecule has 2 aromatic carbocycles. The summed E-state index contributed by atoms with van der Waals surface area (Å²) < 4.78 is 42.2. The first-order valence-electron chi connectivity index (χ1n) is 9.67. The highest BCUT2D eigenvalue weighted by Gasteiger charge is 2.24. The number of nitrogens with zero attached hydrogens (tertiary/aromatic N) is 1. The fraction of sp³-hybridized carbons (Fsp3) is 0.381. The first-order chi connectivity index (χ1) is 14.3. The monoisotopic (exact) mass is 434 g/mol. The SMILES string of the molecule is CCOc1ccc([C@H](C)NC(=O)CN(c2ccc3c(c2)OCCO3)S(C)(=O)=O)cc1. The van der Waals surface area contributed by atoms with Crippen molar-refractivity contribution in [2.75, 3.05) is 36.9 Å². The van der Waals surface area contributed by atoms with E-state index in [0.29, 0.717) is 37.0 Å². The first-order valence-corrected chi connectivity index (χ1v) is 11.5. The van der Waals surface area contributed by atoms with Crippen LogP contribution in [0.5, 0.6) is 17.2 Å². The number of carbonyl (C=O) groups is 1. The topological polar surface area (TPSA) is 94.2 Å². The largest absolute Gasteiger partial charge is 0.494 e. The van der Waals surface area contributed by atoms with Crippen molar-refractivity contribution >= 4 is 21.6 Å². The van der Waals surface area contributed by atoms with Crippen LogP contribution in [0.2, 0.25) is 0 Å². The number of carbonyl (C=O) groups excluding carboxylic acids is 1. The molecule has 8 nitrogen and oxygen atoms in total. The maximum absolute atomic E-state index is 12.6.